The lowest BCUT2D eigenvalue weighted by Crippen LogP contribution is -2.52. The van der Waals surface area contributed by atoms with Crippen LogP contribution >= 0.6 is 0 Å². The molecule has 0 saturated carbocycles. The van der Waals surface area contributed by atoms with E-state index in [1.807, 2.05) is 0 Å². The average molecular weight is 557 g/mol. The normalized spacial score (nSPS) is 23.4. The number of quaternary nitrogens is 1. The van der Waals surface area contributed by atoms with Gasteiger partial charge in [-0.2, -0.15) is 0 Å². The number of benzene rings is 1. The number of likely N-dealkylation sites (N-methyl/N-ethyl adjacent to an activating group) is 1. The number of hydrogen-bond acceptors (Lipinski definition) is 5. The number of carbonyl (C=O) groups excluding carboxylic acids is 1. The maximum absolute atomic E-state index is 13.3. The predicted molar refractivity (Wildman–Crippen MR) is 160 cm³/mol. The van der Waals surface area contributed by atoms with Gasteiger partial charge < -0.3 is 23.8 Å². The molecular formula is C34H54NO5+. The molecule has 2 aliphatic heterocycles. The Morgan fingerprint density at radius 2 is 1.90 bits per heavy atom. The Bertz CT molecular complexity index is 1050. The summed E-state index contributed by atoms with van der Waals surface area (Å²) in [5, 5.41) is 9.98. The van der Waals surface area contributed by atoms with Crippen LogP contribution in [0.15, 0.2) is 23.8 Å². The number of esters is 1. The van der Waals surface area contributed by atoms with Crippen LogP contribution in [0.3, 0.4) is 0 Å². The average Bonchev–Trinajstić information content (AvgIpc) is 2.90. The number of allylic oxidation sites excluding steroid dienone is 1. The Morgan fingerprint density at radius 3 is 2.60 bits per heavy atom. The van der Waals surface area contributed by atoms with Crippen LogP contribution in [0.2, 0.25) is 0 Å². The van der Waals surface area contributed by atoms with E-state index in [0.717, 1.165) is 79.9 Å². The van der Waals surface area contributed by atoms with E-state index in [4.69, 9.17) is 14.2 Å². The number of hydrogen-bond donors (Lipinski definition) is 1. The highest BCUT2D eigenvalue weighted by atomic mass is 16.5. The fraction of sp³-hybridized carbons (Fsp3) is 0.735. The molecule has 1 aromatic rings. The number of morpholine rings is 1. The van der Waals surface area contributed by atoms with E-state index in [2.05, 4.69) is 59.9 Å². The summed E-state index contributed by atoms with van der Waals surface area (Å²) in [7, 11) is 2.25. The molecule has 2 heterocycles. The van der Waals surface area contributed by atoms with E-state index in [1.54, 1.807) is 0 Å². The minimum absolute atomic E-state index is 0.0634. The van der Waals surface area contributed by atoms with Crippen molar-refractivity contribution in [3.05, 3.63) is 34.9 Å². The van der Waals surface area contributed by atoms with Crippen LogP contribution in [0.25, 0.3) is 0 Å². The molecular weight excluding hydrogens is 502 g/mol. The second-order valence-electron chi connectivity index (χ2n) is 13.9. The van der Waals surface area contributed by atoms with Crippen molar-refractivity contribution in [2.75, 3.05) is 46.5 Å². The number of rotatable bonds is 12. The van der Waals surface area contributed by atoms with E-state index in [9.17, 15) is 9.90 Å². The molecule has 1 fully saturated rings. The molecule has 6 heteroatoms. The van der Waals surface area contributed by atoms with E-state index in [-0.39, 0.29) is 35.4 Å². The number of nitrogens with zero attached hydrogens (tertiary/aromatic N) is 1. The lowest BCUT2D eigenvalue weighted by Gasteiger charge is -2.47. The molecule has 0 bridgehead atoms. The first-order valence-electron chi connectivity index (χ1n) is 15.8. The topological polar surface area (TPSA) is 65.0 Å². The van der Waals surface area contributed by atoms with Crippen LogP contribution in [-0.2, 0) is 14.9 Å². The Balaban J connectivity index is 1.61. The summed E-state index contributed by atoms with van der Waals surface area (Å²) in [5.41, 5.74) is 2.82. The summed E-state index contributed by atoms with van der Waals surface area (Å²) < 4.78 is 19.5. The third-order valence-corrected chi connectivity index (χ3v) is 9.86. The number of aliphatic hydroxyl groups is 1. The molecule has 4 rings (SSSR count). The largest absolute Gasteiger partial charge is 0.487 e. The number of ether oxygens (including phenoxy) is 3. The Hall–Kier alpha value is -1.89. The molecule has 1 N–H and O–H groups in total. The van der Waals surface area contributed by atoms with Gasteiger partial charge in [-0.05, 0) is 61.8 Å². The zero-order valence-corrected chi connectivity index (χ0v) is 26.0. The van der Waals surface area contributed by atoms with Gasteiger partial charge in [-0.25, -0.2) is 0 Å². The Morgan fingerprint density at radius 1 is 1.15 bits per heavy atom. The van der Waals surface area contributed by atoms with Gasteiger partial charge in [-0.15, -0.1) is 0 Å². The van der Waals surface area contributed by atoms with Gasteiger partial charge in [0.15, 0.2) is 0 Å². The third kappa shape index (κ3) is 7.30. The molecule has 0 aromatic heterocycles. The summed E-state index contributed by atoms with van der Waals surface area (Å²) in [6, 6.07) is 4.34. The van der Waals surface area contributed by atoms with Gasteiger partial charge in [0, 0.05) is 23.8 Å². The second-order valence-corrected chi connectivity index (χ2v) is 13.9. The number of fused-ring (bicyclic) bond motifs is 3. The highest BCUT2D eigenvalue weighted by Gasteiger charge is 2.47. The van der Waals surface area contributed by atoms with Gasteiger partial charge >= 0.3 is 5.97 Å². The van der Waals surface area contributed by atoms with Crippen LogP contribution in [0.1, 0.15) is 109 Å². The monoisotopic (exact) mass is 556 g/mol. The third-order valence-electron chi connectivity index (χ3n) is 9.86. The maximum atomic E-state index is 13.3. The van der Waals surface area contributed by atoms with Crippen LogP contribution in [0.4, 0.5) is 0 Å². The molecule has 1 saturated heterocycles. The van der Waals surface area contributed by atoms with Gasteiger partial charge in [0.25, 0.3) is 0 Å². The minimum atomic E-state index is -0.350. The van der Waals surface area contributed by atoms with Gasteiger partial charge in [0.05, 0.1) is 39.8 Å². The van der Waals surface area contributed by atoms with E-state index in [1.165, 1.54) is 31.2 Å². The molecule has 1 aliphatic carbocycles. The van der Waals surface area contributed by atoms with Crippen molar-refractivity contribution in [1.29, 1.82) is 0 Å². The molecule has 40 heavy (non-hydrogen) atoms. The van der Waals surface area contributed by atoms with Crippen molar-refractivity contribution in [1.82, 2.24) is 0 Å². The lowest BCUT2D eigenvalue weighted by molar-refractivity contribution is -0.917. The lowest BCUT2D eigenvalue weighted by atomic mass is 9.66. The van der Waals surface area contributed by atoms with Crippen LogP contribution < -0.4 is 9.47 Å². The van der Waals surface area contributed by atoms with Gasteiger partial charge in [-0.3, -0.25) is 4.79 Å². The van der Waals surface area contributed by atoms with Crippen molar-refractivity contribution in [3.8, 4) is 11.5 Å². The van der Waals surface area contributed by atoms with E-state index < -0.39 is 0 Å². The molecule has 0 spiro atoms. The first-order valence-corrected chi connectivity index (χ1v) is 15.8. The fourth-order valence-corrected chi connectivity index (χ4v) is 6.98. The maximum Gasteiger partial charge on any atom is 0.311 e. The minimum Gasteiger partial charge on any atom is -0.487 e. The van der Waals surface area contributed by atoms with E-state index in [0.29, 0.717) is 12.2 Å². The summed E-state index contributed by atoms with van der Waals surface area (Å²) in [6.07, 6.45) is 11.0. The Kier molecular flexibility index (Phi) is 10.1. The highest BCUT2D eigenvalue weighted by Crippen LogP contribution is 2.55. The molecule has 3 aliphatic rings. The van der Waals surface area contributed by atoms with Crippen molar-refractivity contribution < 1.29 is 28.6 Å². The Labute approximate surface area is 242 Å². The van der Waals surface area contributed by atoms with Crippen LogP contribution in [-0.4, -0.2) is 67.7 Å². The molecule has 6 nitrogen and oxygen atoms in total. The first-order chi connectivity index (χ1) is 19.0. The number of unbranched alkanes of at least 4 members (excludes halogenated alkanes) is 3. The number of carbonyl (C=O) groups is 1. The standard InChI is InChI=1S/C34H54NO5/c1-7-8-9-10-15-33(2,3)26-22-29(39-31(37)12-11-16-35(6)17-19-38-20-18-35)32-27-21-25(24-36)13-14-28(27)34(4,5)40-30(32)23-26/h13,22-23,27-28,36H,7-12,14-21,24H2,1-6H3/q+1/t27-,28?/m0/s1. The van der Waals surface area contributed by atoms with Crippen molar-refractivity contribution >= 4 is 5.97 Å². The van der Waals surface area contributed by atoms with Crippen molar-refractivity contribution in [3.63, 3.8) is 0 Å². The summed E-state index contributed by atoms with van der Waals surface area (Å²) in [5.74, 6) is 1.74. The van der Waals surface area contributed by atoms with Gasteiger partial charge in [0.1, 0.15) is 30.2 Å². The summed E-state index contributed by atoms with van der Waals surface area (Å²) in [6.45, 7) is 15.8. The van der Waals surface area contributed by atoms with Crippen molar-refractivity contribution in [2.24, 2.45) is 5.92 Å². The van der Waals surface area contributed by atoms with Gasteiger partial charge in [0.2, 0.25) is 0 Å². The smallest absolute Gasteiger partial charge is 0.311 e. The summed E-state index contributed by atoms with van der Waals surface area (Å²) in [4.78, 5) is 13.3. The molecule has 2 atom stereocenters. The SMILES string of the molecule is CCCCCCC(C)(C)c1cc(OC(=O)CCC[N+]2(C)CCOCC2)c2c(c1)OC(C)(C)C1CC=C(CO)C[C@H]21. The fourth-order valence-electron chi connectivity index (χ4n) is 6.98. The zero-order chi connectivity index (χ0) is 29.0. The molecule has 0 radical (unpaired) electrons. The zero-order valence-electron chi connectivity index (χ0n) is 26.0. The molecule has 0 amide bonds. The second kappa shape index (κ2) is 13.0. The predicted octanol–water partition coefficient (Wildman–Crippen LogP) is 6.68. The molecule has 224 valence electrons. The summed E-state index contributed by atoms with van der Waals surface area (Å²) >= 11 is 0. The first kappa shape index (κ1) is 31.1. The van der Waals surface area contributed by atoms with Crippen molar-refractivity contribution in [2.45, 2.75) is 109 Å². The van der Waals surface area contributed by atoms with Crippen LogP contribution in [0.5, 0.6) is 11.5 Å². The number of aliphatic hydroxyl groups excluding tert-OH is 1. The quantitative estimate of drug-likeness (QED) is 0.102. The van der Waals surface area contributed by atoms with Gasteiger partial charge in [-0.1, -0.05) is 52.5 Å². The van der Waals surface area contributed by atoms with E-state index >= 15 is 0 Å². The van der Waals surface area contributed by atoms with Crippen LogP contribution in [0, 0.1) is 5.92 Å². The highest BCUT2D eigenvalue weighted by molar-refractivity contribution is 5.74. The molecule has 1 aromatic carbocycles. The molecule has 1 unspecified atom stereocenters.